The van der Waals surface area contributed by atoms with Crippen molar-refractivity contribution >= 4 is 44.8 Å². The summed E-state index contributed by atoms with van der Waals surface area (Å²) in [7, 11) is -3.99. The Hall–Kier alpha value is -3.13. The van der Waals surface area contributed by atoms with Crippen molar-refractivity contribution in [3.8, 4) is 11.3 Å². The van der Waals surface area contributed by atoms with Gasteiger partial charge in [0.1, 0.15) is 4.90 Å². The molecule has 6 nitrogen and oxygen atoms in total. The zero-order valence-electron chi connectivity index (χ0n) is 15.9. The van der Waals surface area contributed by atoms with Crippen molar-refractivity contribution in [1.82, 2.24) is 9.78 Å². The molecule has 3 aromatic carbocycles. The Morgan fingerprint density at radius 2 is 1.42 bits per heavy atom. The lowest BCUT2D eigenvalue weighted by atomic mass is 10.1. The monoisotopic (exact) mass is 471 g/mol. The molecular formula is C22H15Cl2N3O3S. The van der Waals surface area contributed by atoms with Crippen LogP contribution < -0.4 is 5.32 Å². The molecule has 0 aliphatic carbocycles. The lowest BCUT2D eigenvalue weighted by molar-refractivity contribution is 0.251. The fourth-order valence-corrected chi connectivity index (χ4v) is 4.64. The van der Waals surface area contributed by atoms with E-state index in [1.165, 1.54) is 30.5 Å². The SMILES string of the molecule is O=C(Nc1ccccc1)n1ncc(S(=O)(=O)c2ccc(Cl)cc2)c1-c1ccc(Cl)cc1. The van der Waals surface area contributed by atoms with E-state index in [1.54, 1.807) is 48.5 Å². The summed E-state index contributed by atoms with van der Waals surface area (Å²) in [6.45, 7) is 0. The van der Waals surface area contributed by atoms with Crippen LogP contribution in [-0.4, -0.2) is 24.2 Å². The average molecular weight is 472 g/mol. The second-order valence-electron chi connectivity index (χ2n) is 6.53. The van der Waals surface area contributed by atoms with E-state index in [4.69, 9.17) is 23.2 Å². The van der Waals surface area contributed by atoms with Gasteiger partial charge < -0.3 is 5.32 Å². The molecule has 1 N–H and O–H groups in total. The second-order valence-corrected chi connectivity index (χ2v) is 9.32. The Morgan fingerprint density at radius 3 is 2.03 bits per heavy atom. The van der Waals surface area contributed by atoms with Crippen molar-refractivity contribution in [3.05, 3.63) is 95.1 Å². The summed E-state index contributed by atoms with van der Waals surface area (Å²) >= 11 is 11.9. The normalized spacial score (nSPS) is 11.3. The van der Waals surface area contributed by atoms with Crippen LogP contribution in [0.3, 0.4) is 0 Å². The number of nitrogens with zero attached hydrogens (tertiary/aromatic N) is 2. The van der Waals surface area contributed by atoms with Gasteiger partial charge in [0, 0.05) is 21.3 Å². The fraction of sp³-hybridized carbons (Fsp3) is 0. The molecule has 0 unspecified atom stereocenters. The van der Waals surface area contributed by atoms with E-state index in [-0.39, 0.29) is 15.5 Å². The van der Waals surface area contributed by atoms with E-state index in [0.29, 0.717) is 21.3 Å². The number of aromatic nitrogens is 2. The highest BCUT2D eigenvalue weighted by Crippen LogP contribution is 2.32. The number of hydrogen-bond acceptors (Lipinski definition) is 4. The Balaban J connectivity index is 1.85. The fourth-order valence-electron chi connectivity index (χ4n) is 2.99. The number of amides is 1. The molecule has 0 radical (unpaired) electrons. The Kier molecular flexibility index (Phi) is 5.82. The van der Waals surface area contributed by atoms with Gasteiger partial charge in [0.15, 0.2) is 0 Å². The molecule has 9 heteroatoms. The lowest BCUT2D eigenvalue weighted by Gasteiger charge is -2.11. The smallest absolute Gasteiger partial charge is 0.306 e. The van der Waals surface area contributed by atoms with Crippen molar-refractivity contribution in [2.75, 3.05) is 5.32 Å². The molecule has 31 heavy (non-hydrogen) atoms. The van der Waals surface area contributed by atoms with Gasteiger partial charge >= 0.3 is 6.03 Å². The Labute approximate surface area is 189 Å². The van der Waals surface area contributed by atoms with Gasteiger partial charge in [-0.25, -0.2) is 13.2 Å². The van der Waals surface area contributed by atoms with Crippen LogP contribution in [-0.2, 0) is 9.84 Å². The van der Waals surface area contributed by atoms with Crippen LogP contribution >= 0.6 is 23.2 Å². The zero-order chi connectivity index (χ0) is 22.0. The van der Waals surface area contributed by atoms with Gasteiger partial charge in [0.2, 0.25) is 9.84 Å². The number of para-hydroxylation sites is 1. The highest BCUT2D eigenvalue weighted by molar-refractivity contribution is 7.91. The first-order chi connectivity index (χ1) is 14.9. The molecule has 4 rings (SSSR count). The standard InChI is InChI=1S/C22H15Cl2N3O3S/c23-16-8-6-15(7-9-16)21-20(31(29,30)19-12-10-17(24)11-13-19)14-25-27(21)22(28)26-18-4-2-1-3-5-18/h1-14H,(H,26,28). The molecule has 0 atom stereocenters. The topological polar surface area (TPSA) is 81.1 Å². The minimum Gasteiger partial charge on any atom is -0.306 e. The molecule has 156 valence electrons. The molecular weight excluding hydrogens is 457 g/mol. The molecule has 0 aliphatic heterocycles. The minimum absolute atomic E-state index is 0.0372. The number of rotatable bonds is 4. The lowest BCUT2D eigenvalue weighted by Crippen LogP contribution is -2.22. The van der Waals surface area contributed by atoms with Gasteiger partial charge in [-0.2, -0.15) is 9.78 Å². The quantitative estimate of drug-likeness (QED) is 0.409. The van der Waals surface area contributed by atoms with Crippen molar-refractivity contribution in [1.29, 1.82) is 0 Å². The maximum Gasteiger partial charge on any atom is 0.347 e. The van der Waals surface area contributed by atoms with Crippen molar-refractivity contribution < 1.29 is 13.2 Å². The molecule has 0 saturated heterocycles. The Morgan fingerprint density at radius 1 is 0.839 bits per heavy atom. The van der Waals surface area contributed by atoms with E-state index in [1.807, 2.05) is 6.07 Å². The third-order valence-electron chi connectivity index (χ3n) is 4.48. The van der Waals surface area contributed by atoms with Crippen molar-refractivity contribution in [2.45, 2.75) is 9.79 Å². The third kappa shape index (κ3) is 4.34. The van der Waals surface area contributed by atoms with E-state index < -0.39 is 15.9 Å². The van der Waals surface area contributed by atoms with Gasteiger partial charge in [0.05, 0.1) is 16.8 Å². The predicted octanol–water partition coefficient (Wildman–Crippen LogP) is 5.77. The van der Waals surface area contributed by atoms with Gasteiger partial charge in [0.25, 0.3) is 0 Å². The second kappa shape index (κ2) is 8.55. The summed E-state index contributed by atoms with van der Waals surface area (Å²) < 4.78 is 27.7. The van der Waals surface area contributed by atoms with Gasteiger partial charge in [-0.15, -0.1) is 0 Å². The summed E-state index contributed by atoms with van der Waals surface area (Å²) in [5.74, 6) is 0. The third-order valence-corrected chi connectivity index (χ3v) is 6.76. The summed E-state index contributed by atoms with van der Waals surface area (Å²) in [6, 6.07) is 20.5. The number of halogens is 2. The molecule has 0 fully saturated rings. The van der Waals surface area contributed by atoms with Crippen molar-refractivity contribution in [2.24, 2.45) is 0 Å². The number of nitrogens with one attached hydrogen (secondary N) is 1. The molecule has 0 aliphatic rings. The first-order valence-corrected chi connectivity index (χ1v) is 11.3. The summed E-state index contributed by atoms with van der Waals surface area (Å²) in [5, 5.41) is 7.69. The first-order valence-electron chi connectivity index (χ1n) is 9.07. The summed E-state index contributed by atoms with van der Waals surface area (Å²) in [5.41, 5.74) is 1.14. The van der Waals surface area contributed by atoms with Crippen LogP contribution in [0, 0.1) is 0 Å². The van der Waals surface area contributed by atoms with Crippen LogP contribution in [0.2, 0.25) is 10.0 Å². The van der Waals surface area contributed by atoms with Gasteiger partial charge in [-0.1, -0.05) is 53.5 Å². The molecule has 0 bridgehead atoms. The number of benzene rings is 3. The largest absolute Gasteiger partial charge is 0.347 e. The summed E-state index contributed by atoms with van der Waals surface area (Å²) in [6.07, 6.45) is 1.17. The molecule has 0 saturated carbocycles. The number of carbonyl (C=O) groups excluding carboxylic acids is 1. The van der Waals surface area contributed by atoms with E-state index in [2.05, 4.69) is 10.4 Å². The Bertz CT molecular complexity index is 1340. The number of carbonyl (C=O) groups is 1. The highest BCUT2D eigenvalue weighted by atomic mass is 35.5. The van der Waals surface area contributed by atoms with Crippen LogP contribution in [0.1, 0.15) is 0 Å². The predicted molar refractivity (Wildman–Crippen MR) is 120 cm³/mol. The number of hydrogen-bond donors (Lipinski definition) is 1. The van der Waals surface area contributed by atoms with Crippen LogP contribution in [0.4, 0.5) is 10.5 Å². The molecule has 4 aromatic rings. The highest BCUT2D eigenvalue weighted by Gasteiger charge is 2.28. The van der Waals surface area contributed by atoms with Crippen molar-refractivity contribution in [3.63, 3.8) is 0 Å². The molecule has 0 spiro atoms. The first kappa shape index (κ1) is 21.1. The molecule has 1 aromatic heterocycles. The van der Waals surface area contributed by atoms with Gasteiger partial charge in [-0.05, 0) is 48.5 Å². The summed E-state index contributed by atoms with van der Waals surface area (Å²) in [4.78, 5) is 12.9. The maximum atomic E-state index is 13.3. The van der Waals surface area contributed by atoms with Crippen LogP contribution in [0.15, 0.2) is 94.9 Å². The molecule has 1 amide bonds. The zero-order valence-corrected chi connectivity index (χ0v) is 18.2. The minimum atomic E-state index is -3.99. The van der Waals surface area contributed by atoms with E-state index >= 15 is 0 Å². The number of anilines is 1. The van der Waals surface area contributed by atoms with Crippen LogP contribution in [0.25, 0.3) is 11.3 Å². The average Bonchev–Trinajstić information content (AvgIpc) is 3.21. The van der Waals surface area contributed by atoms with E-state index in [9.17, 15) is 13.2 Å². The van der Waals surface area contributed by atoms with Crippen LogP contribution in [0.5, 0.6) is 0 Å². The maximum absolute atomic E-state index is 13.3. The molecule has 1 heterocycles. The number of sulfone groups is 1. The van der Waals surface area contributed by atoms with E-state index in [0.717, 1.165) is 4.68 Å². The van der Waals surface area contributed by atoms with Gasteiger partial charge in [-0.3, -0.25) is 0 Å².